The van der Waals surface area contributed by atoms with Gasteiger partial charge >= 0.3 is 0 Å². The summed E-state index contributed by atoms with van der Waals surface area (Å²) in [5, 5.41) is 1.08. The fourth-order valence-electron chi connectivity index (χ4n) is 1.91. The van der Waals surface area contributed by atoms with Crippen molar-refractivity contribution in [2.45, 2.75) is 32.2 Å². The minimum absolute atomic E-state index is 0.495. The molecule has 14 heavy (non-hydrogen) atoms. The maximum Gasteiger partial charge on any atom is 0.254 e. The Morgan fingerprint density at radius 3 is 2.86 bits per heavy atom. The first-order valence-corrected chi connectivity index (χ1v) is 7.25. The van der Waals surface area contributed by atoms with E-state index in [1.54, 1.807) is 6.08 Å². The van der Waals surface area contributed by atoms with Gasteiger partial charge in [-0.2, -0.15) is 0 Å². The van der Waals surface area contributed by atoms with E-state index in [9.17, 15) is 8.42 Å². The van der Waals surface area contributed by atoms with Crippen LogP contribution in [0.15, 0.2) is 11.5 Å². The van der Waals surface area contributed by atoms with E-state index in [1.807, 2.05) is 0 Å². The van der Waals surface area contributed by atoms with E-state index in [0.717, 1.165) is 31.3 Å². The van der Waals surface area contributed by atoms with Crippen molar-refractivity contribution in [3.05, 3.63) is 11.5 Å². The van der Waals surface area contributed by atoms with Crippen molar-refractivity contribution in [2.75, 3.05) is 13.1 Å². The van der Waals surface area contributed by atoms with Gasteiger partial charge in [0.15, 0.2) is 0 Å². The SMILES string of the molecule is CCN1CCCC1C/C=C\S(=O)(=O)Cl. The van der Waals surface area contributed by atoms with Gasteiger partial charge in [-0.1, -0.05) is 13.0 Å². The summed E-state index contributed by atoms with van der Waals surface area (Å²) < 4.78 is 21.2. The highest BCUT2D eigenvalue weighted by Gasteiger charge is 2.21. The molecule has 0 radical (unpaired) electrons. The first-order chi connectivity index (χ1) is 6.53. The van der Waals surface area contributed by atoms with Crippen LogP contribution in [0.2, 0.25) is 0 Å². The van der Waals surface area contributed by atoms with Gasteiger partial charge in [0.1, 0.15) is 0 Å². The Morgan fingerprint density at radius 2 is 2.29 bits per heavy atom. The largest absolute Gasteiger partial charge is 0.300 e. The van der Waals surface area contributed by atoms with E-state index >= 15 is 0 Å². The number of rotatable bonds is 4. The van der Waals surface area contributed by atoms with Crippen LogP contribution in [-0.4, -0.2) is 32.4 Å². The number of nitrogens with zero attached hydrogens (tertiary/aromatic N) is 1. The summed E-state index contributed by atoms with van der Waals surface area (Å²) in [5.41, 5.74) is 0. The fourth-order valence-corrected chi connectivity index (χ4v) is 2.47. The molecule has 1 unspecified atom stereocenters. The van der Waals surface area contributed by atoms with Gasteiger partial charge < -0.3 is 4.90 Å². The fraction of sp³-hybridized carbons (Fsp3) is 0.778. The molecule has 0 saturated carbocycles. The van der Waals surface area contributed by atoms with Gasteiger partial charge in [-0.05, 0) is 32.4 Å². The minimum Gasteiger partial charge on any atom is -0.300 e. The van der Waals surface area contributed by atoms with Gasteiger partial charge in [-0.3, -0.25) is 0 Å². The van der Waals surface area contributed by atoms with Gasteiger partial charge in [0.2, 0.25) is 0 Å². The highest BCUT2D eigenvalue weighted by molar-refractivity contribution is 8.16. The molecule has 0 aromatic heterocycles. The van der Waals surface area contributed by atoms with E-state index < -0.39 is 9.05 Å². The predicted octanol–water partition coefficient (Wildman–Crippen LogP) is 1.94. The van der Waals surface area contributed by atoms with E-state index in [4.69, 9.17) is 10.7 Å². The van der Waals surface area contributed by atoms with Crippen LogP contribution in [0.3, 0.4) is 0 Å². The van der Waals surface area contributed by atoms with Gasteiger partial charge in [0.05, 0.1) is 0 Å². The van der Waals surface area contributed by atoms with Crippen molar-refractivity contribution in [3.8, 4) is 0 Å². The van der Waals surface area contributed by atoms with Crippen LogP contribution in [0.4, 0.5) is 0 Å². The zero-order chi connectivity index (χ0) is 10.6. The second kappa shape index (κ2) is 5.14. The van der Waals surface area contributed by atoms with Gasteiger partial charge in [0, 0.05) is 22.1 Å². The first-order valence-electron chi connectivity index (χ1n) is 4.88. The number of hydrogen-bond acceptors (Lipinski definition) is 3. The summed E-state index contributed by atoms with van der Waals surface area (Å²) >= 11 is 0. The minimum atomic E-state index is -3.47. The van der Waals surface area contributed by atoms with Crippen LogP contribution >= 0.6 is 10.7 Å². The lowest BCUT2D eigenvalue weighted by Gasteiger charge is -2.20. The van der Waals surface area contributed by atoms with Crippen molar-refractivity contribution >= 4 is 19.7 Å². The van der Waals surface area contributed by atoms with Crippen molar-refractivity contribution < 1.29 is 8.42 Å². The number of halogens is 1. The molecule has 1 aliphatic rings. The Hall–Kier alpha value is -0.0600. The van der Waals surface area contributed by atoms with Gasteiger partial charge in [0.25, 0.3) is 9.05 Å². The zero-order valence-corrected chi connectivity index (χ0v) is 9.89. The van der Waals surface area contributed by atoms with Crippen molar-refractivity contribution in [3.63, 3.8) is 0 Å². The number of likely N-dealkylation sites (tertiary alicyclic amines) is 1. The summed E-state index contributed by atoms with van der Waals surface area (Å²) in [4.78, 5) is 2.37. The summed E-state index contributed by atoms with van der Waals surface area (Å²) in [7, 11) is 1.59. The molecule has 1 heterocycles. The lowest BCUT2D eigenvalue weighted by Crippen LogP contribution is -2.28. The summed E-state index contributed by atoms with van der Waals surface area (Å²) in [6, 6.07) is 0.495. The topological polar surface area (TPSA) is 37.4 Å². The van der Waals surface area contributed by atoms with Crippen LogP contribution in [0.5, 0.6) is 0 Å². The third kappa shape index (κ3) is 3.98. The van der Waals surface area contributed by atoms with E-state index in [0.29, 0.717) is 6.04 Å². The predicted molar refractivity (Wildman–Crippen MR) is 58.8 cm³/mol. The average molecular weight is 238 g/mol. The van der Waals surface area contributed by atoms with Gasteiger partial charge in [-0.25, -0.2) is 8.42 Å². The van der Waals surface area contributed by atoms with E-state index in [-0.39, 0.29) is 0 Å². The van der Waals surface area contributed by atoms with Crippen molar-refractivity contribution in [1.82, 2.24) is 4.90 Å². The maximum absolute atomic E-state index is 10.6. The van der Waals surface area contributed by atoms with Crippen LogP contribution in [0.1, 0.15) is 26.2 Å². The maximum atomic E-state index is 10.6. The molecule has 0 spiro atoms. The molecule has 1 aliphatic heterocycles. The van der Waals surface area contributed by atoms with Crippen molar-refractivity contribution in [1.29, 1.82) is 0 Å². The molecule has 1 atom stereocenters. The zero-order valence-electron chi connectivity index (χ0n) is 8.32. The Morgan fingerprint density at radius 1 is 1.57 bits per heavy atom. The Balaban J connectivity index is 2.41. The van der Waals surface area contributed by atoms with Crippen LogP contribution in [-0.2, 0) is 9.05 Å². The Kier molecular flexibility index (Phi) is 4.41. The molecule has 0 N–H and O–H groups in total. The van der Waals surface area contributed by atoms with Crippen LogP contribution < -0.4 is 0 Å². The van der Waals surface area contributed by atoms with Crippen molar-refractivity contribution in [2.24, 2.45) is 0 Å². The Bertz CT molecular complexity index is 300. The molecule has 0 aliphatic carbocycles. The average Bonchev–Trinajstić information content (AvgIpc) is 2.49. The lowest BCUT2D eigenvalue weighted by molar-refractivity contribution is 0.269. The molecule has 0 bridgehead atoms. The Labute approximate surface area is 90.2 Å². The monoisotopic (exact) mass is 237 g/mol. The third-order valence-corrected chi connectivity index (χ3v) is 3.40. The van der Waals surface area contributed by atoms with Crippen LogP contribution in [0, 0.1) is 0 Å². The molecule has 82 valence electrons. The summed E-state index contributed by atoms with van der Waals surface area (Å²) in [6.45, 7) is 4.29. The lowest BCUT2D eigenvalue weighted by atomic mass is 10.1. The second-order valence-electron chi connectivity index (χ2n) is 3.51. The molecule has 1 saturated heterocycles. The second-order valence-corrected chi connectivity index (χ2v) is 6.02. The van der Waals surface area contributed by atoms with Crippen LogP contribution in [0.25, 0.3) is 0 Å². The third-order valence-electron chi connectivity index (χ3n) is 2.57. The highest BCUT2D eigenvalue weighted by atomic mass is 35.7. The van der Waals surface area contributed by atoms with E-state index in [2.05, 4.69) is 11.8 Å². The highest BCUT2D eigenvalue weighted by Crippen LogP contribution is 2.19. The standard InChI is InChI=1S/C9H16ClNO2S/c1-2-11-7-3-5-9(11)6-4-8-14(10,12)13/h4,8-9H,2-3,5-7H2,1H3/b8-4-. The molecule has 0 aromatic carbocycles. The molecule has 1 fully saturated rings. The molecular formula is C9H16ClNO2S. The molecule has 0 amide bonds. The first kappa shape index (κ1) is 12.0. The molecular weight excluding hydrogens is 222 g/mol. The van der Waals surface area contributed by atoms with E-state index in [1.165, 1.54) is 6.42 Å². The summed E-state index contributed by atoms with van der Waals surface area (Å²) in [5.74, 6) is 0. The molecule has 3 nitrogen and oxygen atoms in total. The summed E-state index contributed by atoms with van der Waals surface area (Å²) in [6.07, 6.45) is 4.79. The molecule has 0 aromatic rings. The number of hydrogen-bond donors (Lipinski definition) is 0. The van der Waals surface area contributed by atoms with Gasteiger partial charge in [-0.15, -0.1) is 0 Å². The molecule has 1 rings (SSSR count). The molecule has 5 heteroatoms. The normalized spacial score (nSPS) is 24.9. The quantitative estimate of drug-likeness (QED) is 0.702. The smallest absolute Gasteiger partial charge is 0.254 e.